The predicted molar refractivity (Wildman–Crippen MR) is 171 cm³/mol. The average molecular weight is 587 g/mol. The number of ether oxygens (including phenoxy) is 1. The standard InChI is InChI=1S/C38H50O5/c1-24(2)14-13-15-26(5)20-21-37-23-28(19-18-25(3)4)35(6,7)38(34(37)41,31(39)27-16-11-10-12-17-27)33-29(32(37)40)22-30(43-33)36(8,9)42/h10-12,14,16-18,20,28,30,42H,13,15,19,21-23H2,1-9H3. The Morgan fingerprint density at radius 1 is 1.00 bits per heavy atom. The first-order chi connectivity index (χ1) is 20.0. The fraction of sp³-hybridized carbons (Fsp3) is 0.553. The minimum Gasteiger partial charge on any atom is -0.489 e. The minimum absolute atomic E-state index is 0.144. The Morgan fingerprint density at radius 3 is 2.21 bits per heavy atom. The zero-order chi connectivity index (χ0) is 32.0. The minimum atomic E-state index is -1.69. The quantitative estimate of drug-likeness (QED) is 0.169. The van der Waals surface area contributed by atoms with Gasteiger partial charge in [-0.3, -0.25) is 14.4 Å². The van der Waals surface area contributed by atoms with Gasteiger partial charge in [0.25, 0.3) is 0 Å². The third-order valence-electron chi connectivity index (χ3n) is 10.2. The maximum absolute atomic E-state index is 15.3. The van der Waals surface area contributed by atoms with Gasteiger partial charge in [-0.2, -0.15) is 0 Å². The van der Waals surface area contributed by atoms with Gasteiger partial charge in [0, 0.05) is 17.6 Å². The van der Waals surface area contributed by atoms with Gasteiger partial charge in [-0.05, 0) is 91.9 Å². The highest BCUT2D eigenvalue weighted by Crippen LogP contribution is 2.68. The number of hydrogen-bond acceptors (Lipinski definition) is 5. The van der Waals surface area contributed by atoms with Crippen LogP contribution in [0, 0.1) is 22.2 Å². The molecule has 2 aliphatic carbocycles. The molecule has 0 saturated heterocycles. The Balaban J connectivity index is 1.98. The zero-order valence-electron chi connectivity index (χ0n) is 27.6. The van der Waals surface area contributed by atoms with Crippen molar-refractivity contribution in [1.82, 2.24) is 0 Å². The van der Waals surface area contributed by atoms with Crippen LogP contribution in [0.25, 0.3) is 0 Å². The van der Waals surface area contributed by atoms with Crippen molar-refractivity contribution >= 4 is 17.3 Å². The van der Waals surface area contributed by atoms with E-state index in [1.54, 1.807) is 38.1 Å². The molecular weight excluding hydrogens is 536 g/mol. The van der Waals surface area contributed by atoms with Gasteiger partial charge in [0.1, 0.15) is 11.9 Å². The fourth-order valence-corrected chi connectivity index (χ4v) is 7.41. The van der Waals surface area contributed by atoms with Crippen LogP contribution in [-0.4, -0.2) is 34.2 Å². The number of rotatable bonds is 10. The molecule has 3 aliphatic rings. The molecule has 2 bridgehead atoms. The number of hydrogen-bond donors (Lipinski definition) is 1. The monoisotopic (exact) mass is 586 g/mol. The Kier molecular flexibility index (Phi) is 9.02. The Bertz CT molecular complexity index is 1410. The summed E-state index contributed by atoms with van der Waals surface area (Å²) in [5.74, 6) is -0.872. The van der Waals surface area contributed by atoms with Crippen molar-refractivity contribution in [2.24, 2.45) is 22.2 Å². The molecule has 1 fully saturated rings. The maximum Gasteiger partial charge on any atom is 0.184 e. The lowest BCUT2D eigenvalue weighted by Crippen LogP contribution is -2.68. The smallest absolute Gasteiger partial charge is 0.184 e. The summed E-state index contributed by atoms with van der Waals surface area (Å²) in [6.07, 6.45) is 8.83. The lowest BCUT2D eigenvalue weighted by atomic mass is 9.39. The summed E-state index contributed by atoms with van der Waals surface area (Å²) >= 11 is 0. The van der Waals surface area contributed by atoms with E-state index >= 15 is 4.79 Å². The number of ketones is 3. The number of allylic oxidation sites excluding steroid dienone is 7. The van der Waals surface area contributed by atoms with Crippen LogP contribution < -0.4 is 0 Å². The van der Waals surface area contributed by atoms with Gasteiger partial charge >= 0.3 is 0 Å². The summed E-state index contributed by atoms with van der Waals surface area (Å²) in [4.78, 5) is 45.0. The first kappa shape index (κ1) is 32.9. The maximum atomic E-state index is 15.3. The van der Waals surface area contributed by atoms with Crippen molar-refractivity contribution in [2.75, 3.05) is 0 Å². The van der Waals surface area contributed by atoms with E-state index < -0.39 is 27.9 Å². The van der Waals surface area contributed by atoms with E-state index in [2.05, 4.69) is 39.0 Å². The molecule has 232 valence electrons. The average Bonchev–Trinajstić information content (AvgIpc) is 3.38. The molecule has 0 radical (unpaired) electrons. The summed E-state index contributed by atoms with van der Waals surface area (Å²) in [5.41, 5.74) is -0.867. The molecule has 4 atom stereocenters. The molecule has 5 heteroatoms. The second-order valence-electron chi connectivity index (χ2n) is 14.7. The van der Waals surface area contributed by atoms with Crippen LogP contribution >= 0.6 is 0 Å². The summed E-state index contributed by atoms with van der Waals surface area (Å²) < 4.78 is 6.49. The van der Waals surface area contributed by atoms with Crippen LogP contribution in [-0.2, 0) is 14.3 Å². The van der Waals surface area contributed by atoms with Gasteiger partial charge < -0.3 is 9.84 Å². The first-order valence-electron chi connectivity index (χ1n) is 15.7. The van der Waals surface area contributed by atoms with Crippen LogP contribution in [0.5, 0.6) is 0 Å². The van der Waals surface area contributed by atoms with Crippen LogP contribution in [0.4, 0.5) is 0 Å². The van der Waals surface area contributed by atoms with Crippen molar-refractivity contribution in [3.8, 4) is 0 Å². The number of carbonyl (C=O) groups is 3. The van der Waals surface area contributed by atoms with Gasteiger partial charge in [-0.1, -0.05) is 79.1 Å². The van der Waals surface area contributed by atoms with E-state index in [0.717, 1.165) is 24.0 Å². The fourth-order valence-electron chi connectivity index (χ4n) is 7.41. The van der Waals surface area contributed by atoms with Crippen LogP contribution in [0.1, 0.15) is 111 Å². The molecule has 4 unspecified atom stereocenters. The largest absolute Gasteiger partial charge is 0.489 e. The van der Waals surface area contributed by atoms with E-state index in [1.807, 2.05) is 33.8 Å². The summed E-state index contributed by atoms with van der Waals surface area (Å²) in [6.45, 7) is 17.6. The summed E-state index contributed by atoms with van der Waals surface area (Å²) in [7, 11) is 0. The molecule has 1 heterocycles. The van der Waals surface area contributed by atoms with Crippen molar-refractivity contribution in [2.45, 2.75) is 113 Å². The number of benzene rings is 1. The second-order valence-corrected chi connectivity index (χ2v) is 14.7. The van der Waals surface area contributed by atoms with Crippen LogP contribution in [0.15, 0.2) is 76.6 Å². The van der Waals surface area contributed by atoms with E-state index in [9.17, 15) is 14.7 Å². The Hall–Kier alpha value is -3.05. The van der Waals surface area contributed by atoms with Gasteiger partial charge in [0.05, 0.1) is 11.0 Å². The van der Waals surface area contributed by atoms with Gasteiger partial charge in [0.15, 0.2) is 22.8 Å². The molecule has 0 aromatic heterocycles. The molecule has 1 aromatic carbocycles. The first-order valence-corrected chi connectivity index (χ1v) is 15.7. The summed E-state index contributed by atoms with van der Waals surface area (Å²) in [6, 6.07) is 8.94. The van der Waals surface area contributed by atoms with Crippen molar-refractivity contribution in [3.05, 3.63) is 82.2 Å². The van der Waals surface area contributed by atoms with Crippen molar-refractivity contribution in [3.63, 3.8) is 0 Å². The number of aliphatic hydroxyl groups is 1. The molecule has 4 rings (SSSR count). The van der Waals surface area contributed by atoms with Gasteiger partial charge in [0.2, 0.25) is 0 Å². The third kappa shape index (κ3) is 5.54. The Morgan fingerprint density at radius 2 is 1.63 bits per heavy atom. The SMILES string of the molecule is CC(C)=CCCC(C)=CCC12CC(CC=C(C)C)C(C)(C)C(C(=O)c3ccccc3)(C1=O)C1=C(CC(C(C)(C)O)O1)C2=O. The molecule has 1 saturated carbocycles. The molecule has 43 heavy (non-hydrogen) atoms. The highest BCUT2D eigenvalue weighted by Gasteiger charge is 2.76. The van der Waals surface area contributed by atoms with E-state index in [4.69, 9.17) is 4.74 Å². The molecular formula is C38H50O5. The molecule has 1 aromatic rings. The topological polar surface area (TPSA) is 80.7 Å². The lowest BCUT2D eigenvalue weighted by molar-refractivity contribution is -0.165. The number of Topliss-reactive ketones (excluding diaryl/α,β-unsaturated/α-hetero) is 3. The normalized spacial score (nSPS) is 28.3. The highest BCUT2D eigenvalue weighted by atomic mass is 16.5. The molecule has 5 nitrogen and oxygen atoms in total. The highest BCUT2D eigenvalue weighted by molar-refractivity contribution is 6.30. The van der Waals surface area contributed by atoms with Gasteiger partial charge in [-0.25, -0.2) is 0 Å². The summed E-state index contributed by atoms with van der Waals surface area (Å²) in [5, 5.41) is 11.0. The number of carbonyl (C=O) groups excluding carboxylic acids is 3. The molecule has 0 spiro atoms. The van der Waals surface area contributed by atoms with E-state index in [0.29, 0.717) is 24.0 Å². The van der Waals surface area contributed by atoms with E-state index in [-0.39, 0.29) is 41.9 Å². The van der Waals surface area contributed by atoms with Crippen molar-refractivity contribution < 1.29 is 24.2 Å². The molecule has 0 amide bonds. The van der Waals surface area contributed by atoms with E-state index in [1.165, 1.54) is 5.57 Å². The predicted octanol–water partition coefficient (Wildman–Crippen LogP) is 8.29. The van der Waals surface area contributed by atoms with Crippen molar-refractivity contribution in [1.29, 1.82) is 0 Å². The Labute approximate surface area is 258 Å². The van der Waals surface area contributed by atoms with Gasteiger partial charge in [-0.15, -0.1) is 0 Å². The molecule has 1 N–H and O–H groups in total. The second kappa shape index (κ2) is 11.8. The third-order valence-corrected chi connectivity index (χ3v) is 10.2. The number of fused-ring (bicyclic) bond motifs is 3. The molecule has 1 aliphatic heterocycles. The van der Waals surface area contributed by atoms with Crippen LogP contribution in [0.3, 0.4) is 0 Å². The lowest BCUT2D eigenvalue weighted by Gasteiger charge is -2.59. The van der Waals surface area contributed by atoms with Crippen LogP contribution in [0.2, 0.25) is 0 Å². The zero-order valence-corrected chi connectivity index (χ0v) is 27.6.